The molecule has 1 fully saturated rings. The standard InChI is InChI=1S/C15H22N2O.ClH/c1-3-8-17(10-12-5-6-12)15(18)14-9-13(16)7-4-11(14)2;/h4,7,9,12H,3,5-6,8,10,16H2,1-2H3;1H. The third-order valence-electron chi connectivity index (χ3n) is 3.45. The van der Waals surface area contributed by atoms with E-state index in [1.807, 2.05) is 24.0 Å². The summed E-state index contributed by atoms with van der Waals surface area (Å²) in [6.45, 7) is 5.82. The molecule has 0 spiro atoms. The fourth-order valence-corrected chi connectivity index (χ4v) is 2.20. The third kappa shape index (κ3) is 4.13. The van der Waals surface area contributed by atoms with Crippen LogP contribution in [0.2, 0.25) is 0 Å². The van der Waals surface area contributed by atoms with E-state index in [9.17, 15) is 4.79 Å². The van der Waals surface area contributed by atoms with Gasteiger partial charge in [0.2, 0.25) is 0 Å². The van der Waals surface area contributed by atoms with Gasteiger partial charge in [-0.15, -0.1) is 12.4 Å². The normalized spacial score (nSPS) is 13.8. The summed E-state index contributed by atoms with van der Waals surface area (Å²) in [5.74, 6) is 0.857. The van der Waals surface area contributed by atoms with E-state index in [2.05, 4.69) is 6.92 Å². The predicted molar refractivity (Wildman–Crippen MR) is 81.8 cm³/mol. The van der Waals surface area contributed by atoms with Crippen LogP contribution in [0, 0.1) is 12.8 Å². The van der Waals surface area contributed by atoms with E-state index in [0.29, 0.717) is 5.69 Å². The Kier molecular flexibility index (Phi) is 5.67. The van der Waals surface area contributed by atoms with Crippen molar-refractivity contribution in [1.29, 1.82) is 0 Å². The lowest BCUT2D eigenvalue weighted by Crippen LogP contribution is -2.34. The molecule has 0 heterocycles. The van der Waals surface area contributed by atoms with Gasteiger partial charge in [0.1, 0.15) is 0 Å². The number of hydrogen-bond donors (Lipinski definition) is 1. The van der Waals surface area contributed by atoms with Gasteiger partial charge in [0.25, 0.3) is 5.91 Å². The summed E-state index contributed by atoms with van der Waals surface area (Å²) in [5.41, 5.74) is 8.20. The molecule has 1 aromatic rings. The minimum Gasteiger partial charge on any atom is -0.399 e. The fourth-order valence-electron chi connectivity index (χ4n) is 2.20. The number of benzene rings is 1. The molecule has 2 rings (SSSR count). The van der Waals surface area contributed by atoms with Crippen molar-refractivity contribution in [3.63, 3.8) is 0 Å². The number of hydrogen-bond acceptors (Lipinski definition) is 2. The van der Waals surface area contributed by atoms with Crippen LogP contribution in [0.15, 0.2) is 18.2 Å². The maximum absolute atomic E-state index is 12.5. The lowest BCUT2D eigenvalue weighted by Gasteiger charge is -2.23. The number of rotatable bonds is 5. The molecule has 1 saturated carbocycles. The Labute approximate surface area is 121 Å². The number of halogens is 1. The number of nitrogens with zero attached hydrogens (tertiary/aromatic N) is 1. The first-order chi connectivity index (χ1) is 8.61. The van der Waals surface area contributed by atoms with Crippen molar-refractivity contribution < 1.29 is 4.79 Å². The van der Waals surface area contributed by atoms with Gasteiger partial charge in [0.05, 0.1) is 0 Å². The molecule has 0 aromatic heterocycles. The molecule has 0 saturated heterocycles. The van der Waals surface area contributed by atoms with Gasteiger partial charge in [-0.1, -0.05) is 13.0 Å². The molecule has 2 N–H and O–H groups in total. The molecule has 0 unspecified atom stereocenters. The van der Waals surface area contributed by atoms with Crippen molar-refractivity contribution in [2.24, 2.45) is 5.92 Å². The van der Waals surface area contributed by atoms with E-state index in [0.717, 1.165) is 36.6 Å². The molecule has 106 valence electrons. The van der Waals surface area contributed by atoms with Crippen molar-refractivity contribution in [2.75, 3.05) is 18.8 Å². The number of nitrogen functional groups attached to an aromatic ring is 1. The topological polar surface area (TPSA) is 46.3 Å². The van der Waals surface area contributed by atoms with Gasteiger partial charge in [0, 0.05) is 24.3 Å². The average Bonchev–Trinajstić information content (AvgIpc) is 3.15. The highest BCUT2D eigenvalue weighted by Crippen LogP contribution is 2.30. The van der Waals surface area contributed by atoms with Gasteiger partial charge in [-0.3, -0.25) is 4.79 Å². The largest absolute Gasteiger partial charge is 0.399 e. The Hall–Kier alpha value is -1.22. The summed E-state index contributed by atoms with van der Waals surface area (Å²) in [6.07, 6.45) is 3.53. The molecule has 0 aliphatic heterocycles. The lowest BCUT2D eigenvalue weighted by molar-refractivity contribution is 0.0747. The van der Waals surface area contributed by atoms with Crippen LogP contribution in [0.25, 0.3) is 0 Å². The number of amides is 1. The van der Waals surface area contributed by atoms with Crippen molar-refractivity contribution >= 4 is 24.0 Å². The summed E-state index contributed by atoms with van der Waals surface area (Å²) >= 11 is 0. The highest BCUT2D eigenvalue weighted by molar-refractivity contribution is 5.96. The first kappa shape index (κ1) is 15.8. The number of carbonyl (C=O) groups is 1. The number of anilines is 1. The lowest BCUT2D eigenvalue weighted by atomic mass is 10.1. The molecule has 1 aliphatic carbocycles. The van der Waals surface area contributed by atoms with E-state index >= 15 is 0 Å². The molecule has 1 amide bonds. The van der Waals surface area contributed by atoms with Gasteiger partial charge in [-0.2, -0.15) is 0 Å². The monoisotopic (exact) mass is 282 g/mol. The van der Waals surface area contributed by atoms with Crippen LogP contribution in [-0.2, 0) is 0 Å². The van der Waals surface area contributed by atoms with Crippen molar-refractivity contribution in [1.82, 2.24) is 4.90 Å². The van der Waals surface area contributed by atoms with Crippen LogP contribution in [0.5, 0.6) is 0 Å². The van der Waals surface area contributed by atoms with Crippen molar-refractivity contribution in [2.45, 2.75) is 33.1 Å². The highest BCUT2D eigenvalue weighted by Gasteiger charge is 2.27. The van der Waals surface area contributed by atoms with Gasteiger partial charge in [-0.05, 0) is 49.8 Å². The predicted octanol–water partition coefficient (Wildman–Crippen LogP) is 3.26. The molecule has 19 heavy (non-hydrogen) atoms. The van der Waals surface area contributed by atoms with Crippen LogP contribution in [0.1, 0.15) is 42.1 Å². The van der Waals surface area contributed by atoms with E-state index in [-0.39, 0.29) is 18.3 Å². The number of carbonyl (C=O) groups excluding carboxylic acids is 1. The smallest absolute Gasteiger partial charge is 0.254 e. The number of aryl methyl sites for hydroxylation is 1. The quantitative estimate of drug-likeness (QED) is 0.843. The van der Waals surface area contributed by atoms with Crippen molar-refractivity contribution in [3.05, 3.63) is 29.3 Å². The van der Waals surface area contributed by atoms with E-state index in [1.54, 1.807) is 6.07 Å². The van der Waals surface area contributed by atoms with Gasteiger partial charge in [0.15, 0.2) is 0 Å². The zero-order valence-electron chi connectivity index (χ0n) is 11.7. The Balaban J connectivity index is 0.00000180. The summed E-state index contributed by atoms with van der Waals surface area (Å²) in [5, 5.41) is 0. The number of nitrogens with two attached hydrogens (primary N) is 1. The zero-order chi connectivity index (χ0) is 13.1. The first-order valence-electron chi connectivity index (χ1n) is 6.77. The van der Waals surface area contributed by atoms with Gasteiger partial charge >= 0.3 is 0 Å². The first-order valence-corrected chi connectivity index (χ1v) is 6.77. The molecule has 3 nitrogen and oxygen atoms in total. The molecule has 4 heteroatoms. The van der Waals surface area contributed by atoms with E-state index in [1.165, 1.54) is 12.8 Å². The van der Waals surface area contributed by atoms with Gasteiger partial charge in [-0.25, -0.2) is 0 Å². The summed E-state index contributed by atoms with van der Waals surface area (Å²) in [6, 6.07) is 5.56. The molecular formula is C15H23ClN2O. The second kappa shape index (κ2) is 6.80. The molecule has 0 atom stereocenters. The minimum absolute atomic E-state index is 0. The van der Waals surface area contributed by atoms with Crippen LogP contribution >= 0.6 is 12.4 Å². The third-order valence-corrected chi connectivity index (χ3v) is 3.45. The molecule has 1 aliphatic rings. The maximum atomic E-state index is 12.5. The van der Waals surface area contributed by atoms with E-state index < -0.39 is 0 Å². The summed E-state index contributed by atoms with van der Waals surface area (Å²) in [4.78, 5) is 14.5. The molecule has 0 bridgehead atoms. The average molecular weight is 283 g/mol. The minimum atomic E-state index is 0. The van der Waals surface area contributed by atoms with Crippen LogP contribution in [0.3, 0.4) is 0 Å². The second-order valence-electron chi connectivity index (χ2n) is 5.27. The molecule has 0 radical (unpaired) electrons. The Bertz CT molecular complexity index is 444. The second-order valence-corrected chi connectivity index (χ2v) is 5.27. The summed E-state index contributed by atoms with van der Waals surface area (Å²) in [7, 11) is 0. The molecule has 1 aromatic carbocycles. The Morgan fingerprint density at radius 3 is 2.68 bits per heavy atom. The van der Waals surface area contributed by atoms with E-state index in [4.69, 9.17) is 5.73 Å². The summed E-state index contributed by atoms with van der Waals surface area (Å²) < 4.78 is 0. The SMILES string of the molecule is CCCN(CC1CC1)C(=O)c1cc(N)ccc1C.Cl. The van der Waals surface area contributed by atoms with Crippen LogP contribution < -0.4 is 5.73 Å². The molecular weight excluding hydrogens is 260 g/mol. The highest BCUT2D eigenvalue weighted by atomic mass is 35.5. The fraction of sp³-hybridized carbons (Fsp3) is 0.533. The zero-order valence-corrected chi connectivity index (χ0v) is 12.5. The van der Waals surface area contributed by atoms with Gasteiger partial charge < -0.3 is 10.6 Å². The maximum Gasteiger partial charge on any atom is 0.254 e. The Morgan fingerprint density at radius 1 is 1.42 bits per heavy atom. The van der Waals surface area contributed by atoms with Crippen LogP contribution in [-0.4, -0.2) is 23.9 Å². The Morgan fingerprint density at radius 2 is 2.11 bits per heavy atom. The van der Waals surface area contributed by atoms with Crippen LogP contribution in [0.4, 0.5) is 5.69 Å². The van der Waals surface area contributed by atoms with Crippen molar-refractivity contribution in [3.8, 4) is 0 Å².